The average molecular weight is 910 g/mol. The molecule has 4 heterocycles. The number of nitrogens with zero attached hydrogens (tertiary/aromatic N) is 3. The van der Waals surface area contributed by atoms with Gasteiger partial charge < -0.3 is 14.7 Å². The molecule has 3 nitrogen and oxygen atoms in total. The van der Waals surface area contributed by atoms with Gasteiger partial charge in [0, 0.05) is 50.6 Å². The standard InChI is InChI=1S/C65H76BN3/c1-41-35-42(2)56-58-55(41)62(12)31-18-19-32-63(62,13)69(58)54-40-48(68-51-30-28-45(60(6,7)8)37-49(51)65(43-23-16-15-17-24-43)34-21-20-33-64(65,68)14)39-53-57(54)66(56)50-29-27-46(61(9,10)11)38-52(50)67(53)47-26-22-25-44(36-47)59(3,4)5/h15-17,22-30,35-40H,18-21,31-34H2,1-14H3. The molecule has 0 bridgehead atoms. The molecule has 4 heteroatoms. The Balaban J connectivity index is 1.24. The Morgan fingerprint density at radius 2 is 1.10 bits per heavy atom. The van der Waals surface area contributed by atoms with Gasteiger partial charge in [-0.15, -0.1) is 0 Å². The quantitative estimate of drug-likeness (QED) is 0.164. The number of hydrogen-bond donors (Lipinski definition) is 0. The highest BCUT2D eigenvalue weighted by Crippen LogP contribution is 2.67. The highest BCUT2D eigenvalue weighted by atomic mass is 15.3. The van der Waals surface area contributed by atoms with Crippen LogP contribution in [-0.4, -0.2) is 17.8 Å². The summed E-state index contributed by atoms with van der Waals surface area (Å²) in [4.78, 5) is 8.59. The van der Waals surface area contributed by atoms with Crippen LogP contribution in [0.25, 0.3) is 0 Å². The van der Waals surface area contributed by atoms with Gasteiger partial charge in [-0.25, -0.2) is 0 Å². The van der Waals surface area contributed by atoms with E-state index in [2.05, 4.69) is 221 Å². The molecule has 0 radical (unpaired) electrons. The predicted octanol–water partition coefficient (Wildman–Crippen LogP) is 15.3. The van der Waals surface area contributed by atoms with Crippen LogP contribution in [0.5, 0.6) is 0 Å². The number of hydrogen-bond acceptors (Lipinski definition) is 3. The Bertz CT molecular complexity index is 3120. The minimum Gasteiger partial charge on any atom is -0.335 e. The minimum atomic E-state index is -0.214. The van der Waals surface area contributed by atoms with Crippen LogP contribution in [0.4, 0.5) is 39.8 Å². The normalized spacial score (nSPS) is 25.5. The summed E-state index contributed by atoms with van der Waals surface area (Å²) in [6.45, 7) is 34.3. The first-order valence-corrected chi connectivity index (χ1v) is 26.7. The molecule has 6 aromatic carbocycles. The monoisotopic (exact) mass is 910 g/mol. The third kappa shape index (κ3) is 5.87. The fourth-order valence-corrected chi connectivity index (χ4v) is 15.6. The van der Waals surface area contributed by atoms with Crippen LogP contribution in [0.3, 0.4) is 0 Å². The Morgan fingerprint density at radius 3 is 1.81 bits per heavy atom. The van der Waals surface area contributed by atoms with E-state index in [1.807, 2.05) is 0 Å². The highest BCUT2D eigenvalue weighted by Gasteiger charge is 2.64. The predicted molar refractivity (Wildman–Crippen MR) is 297 cm³/mol. The van der Waals surface area contributed by atoms with Gasteiger partial charge in [-0.1, -0.05) is 173 Å². The maximum absolute atomic E-state index is 2.97. The van der Waals surface area contributed by atoms with Crippen LogP contribution >= 0.6 is 0 Å². The molecule has 2 saturated carbocycles. The van der Waals surface area contributed by atoms with Gasteiger partial charge in [-0.3, -0.25) is 0 Å². The lowest BCUT2D eigenvalue weighted by atomic mass is 9.32. The molecule has 4 unspecified atom stereocenters. The van der Waals surface area contributed by atoms with Gasteiger partial charge in [0.2, 0.25) is 0 Å². The van der Waals surface area contributed by atoms with E-state index in [1.54, 1.807) is 5.56 Å². The van der Waals surface area contributed by atoms with E-state index in [4.69, 9.17) is 0 Å². The molecule has 6 aliphatic rings. The van der Waals surface area contributed by atoms with Crippen LogP contribution in [0.1, 0.15) is 179 Å². The first-order chi connectivity index (χ1) is 32.5. The largest absolute Gasteiger partial charge is 0.335 e. The summed E-state index contributed by atoms with van der Waals surface area (Å²) in [5, 5.41) is 0. The second-order valence-corrected chi connectivity index (χ2v) is 26.4. The van der Waals surface area contributed by atoms with E-state index in [-0.39, 0.29) is 44.9 Å². The van der Waals surface area contributed by atoms with Crippen LogP contribution in [-0.2, 0) is 27.1 Å². The zero-order chi connectivity index (χ0) is 48.6. The van der Waals surface area contributed by atoms with Crippen molar-refractivity contribution >= 4 is 62.9 Å². The van der Waals surface area contributed by atoms with Crippen molar-refractivity contribution in [3.05, 3.63) is 154 Å². The summed E-state index contributed by atoms with van der Waals surface area (Å²) < 4.78 is 0. The van der Waals surface area contributed by atoms with Crippen molar-refractivity contribution in [3.63, 3.8) is 0 Å². The van der Waals surface area contributed by atoms with E-state index in [9.17, 15) is 0 Å². The smallest absolute Gasteiger partial charge is 0.252 e. The summed E-state index contributed by atoms with van der Waals surface area (Å²) >= 11 is 0. The zero-order valence-corrected chi connectivity index (χ0v) is 44.5. The van der Waals surface area contributed by atoms with Gasteiger partial charge in [0.1, 0.15) is 0 Å². The van der Waals surface area contributed by atoms with Gasteiger partial charge in [-0.05, 0) is 161 Å². The average Bonchev–Trinajstić information content (AvgIpc) is 3.67. The van der Waals surface area contributed by atoms with E-state index in [0.717, 1.165) is 12.8 Å². The number of fused-ring (bicyclic) bond motifs is 10. The van der Waals surface area contributed by atoms with E-state index in [0.29, 0.717) is 0 Å². The Hall–Kier alpha value is -5.22. The van der Waals surface area contributed by atoms with Gasteiger partial charge in [0.05, 0.1) is 11.1 Å². The van der Waals surface area contributed by atoms with E-state index >= 15 is 0 Å². The van der Waals surface area contributed by atoms with Crippen molar-refractivity contribution in [1.29, 1.82) is 0 Å². The van der Waals surface area contributed by atoms with Crippen molar-refractivity contribution in [3.8, 4) is 0 Å². The van der Waals surface area contributed by atoms with Crippen LogP contribution in [0.15, 0.2) is 109 Å². The minimum absolute atomic E-state index is 0.00684. The first-order valence-electron chi connectivity index (χ1n) is 26.7. The van der Waals surface area contributed by atoms with E-state index in [1.165, 1.54) is 134 Å². The lowest BCUT2D eigenvalue weighted by Gasteiger charge is -2.54. The lowest BCUT2D eigenvalue weighted by molar-refractivity contribution is 0.194. The van der Waals surface area contributed by atoms with Gasteiger partial charge in [-0.2, -0.15) is 0 Å². The molecule has 2 fully saturated rings. The van der Waals surface area contributed by atoms with E-state index < -0.39 is 0 Å². The molecule has 0 N–H and O–H groups in total. The molecule has 6 aromatic rings. The van der Waals surface area contributed by atoms with Gasteiger partial charge in [0.15, 0.2) is 0 Å². The summed E-state index contributed by atoms with van der Waals surface area (Å²) in [7, 11) is 0. The molecule has 354 valence electrons. The van der Waals surface area contributed by atoms with Crippen molar-refractivity contribution in [2.45, 2.75) is 186 Å². The molecule has 4 aliphatic heterocycles. The Kier molecular flexibility index (Phi) is 9.42. The summed E-state index contributed by atoms with van der Waals surface area (Å²) in [6, 6.07) is 44.4. The zero-order valence-electron chi connectivity index (χ0n) is 44.5. The third-order valence-corrected chi connectivity index (χ3v) is 19.4. The van der Waals surface area contributed by atoms with Crippen LogP contribution in [0, 0.1) is 13.8 Å². The summed E-state index contributed by atoms with van der Waals surface area (Å²) in [5.41, 5.74) is 25.1. The highest BCUT2D eigenvalue weighted by molar-refractivity contribution is 7.00. The van der Waals surface area contributed by atoms with Gasteiger partial charge in [0.25, 0.3) is 6.71 Å². The molecule has 0 spiro atoms. The Labute approximate surface area is 415 Å². The molecule has 69 heavy (non-hydrogen) atoms. The van der Waals surface area contributed by atoms with Crippen molar-refractivity contribution in [2.24, 2.45) is 0 Å². The summed E-state index contributed by atoms with van der Waals surface area (Å²) in [5.74, 6) is 0. The van der Waals surface area contributed by atoms with Crippen molar-refractivity contribution < 1.29 is 0 Å². The number of benzene rings is 6. The SMILES string of the molecule is Cc1cc(C)c2c3c1B1c4ccc(C(C)(C)C)cc4N(c4cccc(C(C)(C)C)c4)c4cc(N5c6ccc(C(C)(C)C)cc6C6(c7ccccc7)CCCCC56C)cc(c41)N3C1(C)CCCCC21C. The summed E-state index contributed by atoms with van der Waals surface area (Å²) in [6.07, 6.45) is 9.63. The molecular weight excluding hydrogens is 834 g/mol. The second-order valence-electron chi connectivity index (χ2n) is 26.4. The molecule has 2 aliphatic carbocycles. The maximum atomic E-state index is 2.97. The molecular formula is C65H76BN3. The second kappa shape index (κ2) is 14.5. The van der Waals surface area contributed by atoms with Crippen molar-refractivity contribution in [2.75, 3.05) is 14.7 Å². The number of aryl methyl sites for hydroxylation is 2. The topological polar surface area (TPSA) is 9.72 Å². The van der Waals surface area contributed by atoms with Crippen molar-refractivity contribution in [1.82, 2.24) is 0 Å². The molecule has 0 saturated heterocycles. The first kappa shape index (κ1) is 45.0. The molecule has 0 amide bonds. The van der Waals surface area contributed by atoms with Crippen LogP contribution in [0.2, 0.25) is 0 Å². The van der Waals surface area contributed by atoms with Crippen LogP contribution < -0.4 is 31.1 Å². The third-order valence-electron chi connectivity index (χ3n) is 19.4. The number of anilines is 7. The molecule has 4 atom stereocenters. The molecule has 0 aromatic heterocycles. The molecule has 12 rings (SSSR count). The fourth-order valence-electron chi connectivity index (χ4n) is 15.6. The maximum Gasteiger partial charge on any atom is 0.252 e. The van der Waals surface area contributed by atoms with Gasteiger partial charge >= 0.3 is 0 Å². The lowest BCUT2D eigenvalue weighted by Crippen LogP contribution is -2.65. The number of rotatable bonds is 3. The Morgan fingerprint density at radius 1 is 0.478 bits per heavy atom. The fraction of sp³-hybridized carbons (Fsp3) is 0.446.